The van der Waals surface area contributed by atoms with E-state index < -0.39 is 16.6 Å². The van der Waals surface area contributed by atoms with Gasteiger partial charge >= 0.3 is 0 Å². The summed E-state index contributed by atoms with van der Waals surface area (Å²) in [6.07, 6.45) is 0.173. The van der Waals surface area contributed by atoms with Crippen LogP contribution in [0.15, 0.2) is 51.7 Å². The number of Topliss-reactive ketones (excluding diaryl/α,β-unsaturated/α-hetero) is 2. The number of hydrogen-bond acceptors (Lipinski definition) is 9. The van der Waals surface area contributed by atoms with Gasteiger partial charge in [0.15, 0.2) is 11.6 Å². The van der Waals surface area contributed by atoms with Gasteiger partial charge in [-0.05, 0) is 51.8 Å². The molecular formula is C24H26N2O7S. The van der Waals surface area contributed by atoms with Crippen molar-refractivity contribution in [3.63, 3.8) is 0 Å². The predicted octanol–water partition coefficient (Wildman–Crippen LogP) is 2.74. The molecule has 2 atom stereocenters. The highest BCUT2D eigenvalue weighted by molar-refractivity contribution is 8.15. The Kier molecular flexibility index (Phi) is 7.42. The van der Waals surface area contributed by atoms with E-state index in [-0.39, 0.29) is 52.4 Å². The summed E-state index contributed by atoms with van der Waals surface area (Å²) in [5.74, 6) is -0.565. The molecule has 1 heterocycles. The van der Waals surface area contributed by atoms with Crippen LogP contribution in [0.5, 0.6) is 5.75 Å². The number of carbonyl (C=O) groups excluding carboxylic acids is 4. The summed E-state index contributed by atoms with van der Waals surface area (Å²) in [5, 5.41) is 25.0. The Labute approximate surface area is 200 Å². The van der Waals surface area contributed by atoms with E-state index in [1.807, 2.05) is 0 Å². The van der Waals surface area contributed by atoms with Gasteiger partial charge < -0.3 is 15.1 Å². The molecule has 180 valence electrons. The van der Waals surface area contributed by atoms with Crippen LogP contribution in [0.2, 0.25) is 0 Å². The number of nitrogens with one attached hydrogen (secondary N) is 1. The Morgan fingerprint density at radius 3 is 2.24 bits per heavy atom. The zero-order valence-electron chi connectivity index (χ0n) is 19.3. The van der Waals surface area contributed by atoms with Gasteiger partial charge in [-0.15, -0.1) is 0 Å². The molecule has 1 aromatic carbocycles. The van der Waals surface area contributed by atoms with E-state index in [9.17, 15) is 29.5 Å². The first-order valence-corrected chi connectivity index (χ1v) is 11.5. The molecule has 1 fully saturated rings. The average molecular weight is 487 g/mol. The van der Waals surface area contributed by atoms with Gasteiger partial charge in [0, 0.05) is 23.1 Å². The van der Waals surface area contributed by atoms with Crippen molar-refractivity contribution in [2.45, 2.75) is 51.4 Å². The van der Waals surface area contributed by atoms with Crippen molar-refractivity contribution in [2.75, 3.05) is 6.61 Å². The number of aliphatic hydroxyl groups is 1. The van der Waals surface area contributed by atoms with E-state index in [2.05, 4.69) is 10.5 Å². The number of ketones is 2. The van der Waals surface area contributed by atoms with Crippen molar-refractivity contribution in [3.05, 3.63) is 52.1 Å². The molecule has 2 amide bonds. The fourth-order valence-corrected chi connectivity index (χ4v) is 4.59. The molecule has 0 radical (unpaired) electrons. The second-order valence-corrected chi connectivity index (χ2v) is 9.82. The molecule has 0 spiro atoms. The van der Waals surface area contributed by atoms with Crippen molar-refractivity contribution >= 4 is 40.2 Å². The Morgan fingerprint density at radius 2 is 1.68 bits per heavy atom. The van der Waals surface area contributed by atoms with Gasteiger partial charge in [-0.3, -0.25) is 24.5 Å². The van der Waals surface area contributed by atoms with Crippen LogP contribution in [0.3, 0.4) is 0 Å². The summed E-state index contributed by atoms with van der Waals surface area (Å²) >= 11 is 0.959. The molecule has 34 heavy (non-hydrogen) atoms. The van der Waals surface area contributed by atoms with Gasteiger partial charge in [0.1, 0.15) is 18.0 Å². The minimum atomic E-state index is -1.51. The number of benzene rings is 1. The zero-order chi connectivity index (χ0) is 25.2. The topological polar surface area (TPSA) is 142 Å². The zero-order valence-corrected chi connectivity index (χ0v) is 20.1. The van der Waals surface area contributed by atoms with Crippen molar-refractivity contribution in [3.8, 4) is 5.75 Å². The molecule has 0 saturated carbocycles. The second kappa shape index (κ2) is 9.94. The van der Waals surface area contributed by atoms with Crippen LogP contribution in [-0.4, -0.2) is 56.2 Å². The van der Waals surface area contributed by atoms with Crippen molar-refractivity contribution < 1.29 is 34.2 Å². The first-order chi connectivity index (χ1) is 15.9. The van der Waals surface area contributed by atoms with Gasteiger partial charge in [0.05, 0.1) is 16.5 Å². The van der Waals surface area contributed by atoms with Crippen molar-refractivity contribution in [2.24, 2.45) is 5.16 Å². The summed E-state index contributed by atoms with van der Waals surface area (Å²) in [5.41, 5.74) is 0.0316. The fourth-order valence-electron chi connectivity index (χ4n) is 3.73. The summed E-state index contributed by atoms with van der Waals surface area (Å²) in [6.45, 7) is 5.90. The molecule has 0 bridgehead atoms. The number of carbonyl (C=O) groups is 4. The molecule has 2 aliphatic rings. The number of allylic oxidation sites excluding steroid dienone is 4. The normalized spacial score (nSPS) is 21.2. The molecule has 0 aromatic heterocycles. The third-order valence-corrected chi connectivity index (χ3v) is 6.79. The average Bonchev–Trinajstić information content (AvgIpc) is 3.11. The lowest BCUT2D eigenvalue weighted by Crippen LogP contribution is -2.37. The number of amides is 2. The summed E-state index contributed by atoms with van der Waals surface area (Å²) in [6, 6.07) is 6.88. The number of nitrogens with zero attached hydrogens (tertiary/aromatic N) is 1. The lowest BCUT2D eigenvalue weighted by atomic mass is 9.81. The van der Waals surface area contributed by atoms with Gasteiger partial charge in [-0.2, -0.15) is 0 Å². The standard InChI is InChI=1S/C24H26N2O7S/c1-12-13(2)21(28)19(14(3)20(12)27)17(26-32)10-24(4,31)11-33-16-7-5-15(6-8-16)9-18-22(29)25-23(30)34-18/h5-8,18,31-32H,9-11H2,1-4H3,(H,25,29,30)/b26-17-. The lowest BCUT2D eigenvalue weighted by Gasteiger charge is -2.26. The first-order valence-electron chi connectivity index (χ1n) is 10.6. The number of hydrogen-bond donors (Lipinski definition) is 3. The van der Waals surface area contributed by atoms with Crippen molar-refractivity contribution in [1.82, 2.24) is 5.32 Å². The van der Waals surface area contributed by atoms with E-state index in [1.54, 1.807) is 31.2 Å². The Bertz CT molecular complexity index is 1150. The third kappa shape index (κ3) is 5.45. The van der Waals surface area contributed by atoms with Crippen LogP contribution >= 0.6 is 11.8 Å². The van der Waals surface area contributed by atoms with E-state index in [0.29, 0.717) is 17.7 Å². The smallest absolute Gasteiger partial charge is 0.286 e. The molecule has 1 aliphatic carbocycles. The minimum Gasteiger partial charge on any atom is -0.491 e. The largest absolute Gasteiger partial charge is 0.491 e. The molecule has 1 aromatic rings. The maximum atomic E-state index is 12.7. The Morgan fingerprint density at radius 1 is 1.06 bits per heavy atom. The molecule has 3 N–H and O–H groups in total. The van der Waals surface area contributed by atoms with E-state index in [1.165, 1.54) is 20.8 Å². The minimum absolute atomic E-state index is 0.00692. The molecule has 9 nitrogen and oxygen atoms in total. The SMILES string of the molecule is CC1=C(C)C(=O)C(/C(CC(C)(O)COc2ccc(CC3SC(=O)NC3=O)cc2)=N\O)=C(C)C1=O. The number of imide groups is 1. The molecule has 3 rings (SSSR count). The molecule has 1 saturated heterocycles. The number of oxime groups is 1. The first kappa shape index (κ1) is 25.4. The highest BCUT2D eigenvalue weighted by atomic mass is 32.2. The quantitative estimate of drug-likeness (QED) is 0.220. The van der Waals surface area contributed by atoms with Crippen LogP contribution in [0.25, 0.3) is 0 Å². The van der Waals surface area contributed by atoms with Gasteiger partial charge in [-0.25, -0.2) is 0 Å². The van der Waals surface area contributed by atoms with Crippen LogP contribution in [0.4, 0.5) is 4.79 Å². The number of thioether (sulfide) groups is 1. The van der Waals surface area contributed by atoms with Crippen LogP contribution < -0.4 is 10.1 Å². The summed E-state index contributed by atoms with van der Waals surface area (Å²) in [4.78, 5) is 48.2. The van der Waals surface area contributed by atoms with Gasteiger partial charge in [0.25, 0.3) is 5.24 Å². The van der Waals surface area contributed by atoms with Gasteiger partial charge in [-0.1, -0.05) is 29.1 Å². The molecule has 2 unspecified atom stereocenters. The fraction of sp³-hybridized carbons (Fsp3) is 0.375. The maximum absolute atomic E-state index is 12.7. The highest BCUT2D eigenvalue weighted by Gasteiger charge is 2.35. The number of ether oxygens (including phenoxy) is 1. The van der Waals surface area contributed by atoms with Crippen molar-refractivity contribution in [1.29, 1.82) is 0 Å². The van der Waals surface area contributed by atoms with Crippen LogP contribution in [0, 0.1) is 0 Å². The molecular weight excluding hydrogens is 460 g/mol. The van der Waals surface area contributed by atoms with E-state index >= 15 is 0 Å². The third-order valence-electron chi connectivity index (χ3n) is 5.81. The summed E-state index contributed by atoms with van der Waals surface area (Å²) < 4.78 is 5.68. The lowest BCUT2D eigenvalue weighted by molar-refractivity contribution is -0.119. The van der Waals surface area contributed by atoms with E-state index in [4.69, 9.17) is 4.74 Å². The Hall–Kier alpha value is -3.24. The molecule has 1 aliphatic heterocycles. The number of rotatable bonds is 8. The highest BCUT2D eigenvalue weighted by Crippen LogP contribution is 2.28. The van der Waals surface area contributed by atoms with Crippen LogP contribution in [0.1, 0.15) is 39.7 Å². The van der Waals surface area contributed by atoms with Crippen LogP contribution in [-0.2, 0) is 20.8 Å². The second-order valence-electron chi connectivity index (χ2n) is 8.65. The van der Waals surface area contributed by atoms with Gasteiger partial charge in [0.2, 0.25) is 5.91 Å². The molecule has 10 heteroatoms. The predicted molar refractivity (Wildman–Crippen MR) is 126 cm³/mol. The maximum Gasteiger partial charge on any atom is 0.286 e. The summed E-state index contributed by atoms with van der Waals surface area (Å²) in [7, 11) is 0. The van der Waals surface area contributed by atoms with E-state index in [0.717, 1.165) is 17.3 Å². The monoisotopic (exact) mass is 486 g/mol. The Balaban J connectivity index is 1.64.